The molecule has 2 aromatic rings. The minimum Gasteiger partial charge on any atom is -0.573 e. The number of carboxylic acids is 5. The van der Waals surface area contributed by atoms with Gasteiger partial charge in [0.1, 0.15) is 36.8 Å². The van der Waals surface area contributed by atoms with Gasteiger partial charge < -0.3 is 94.8 Å². The van der Waals surface area contributed by atoms with Crippen molar-refractivity contribution in [3.05, 3.63) is 36.4 Å². The van der Waals surface area contributed by atoms with Gasteiger partial charge in [0.25, 0.3) is 0 Å². The number of ether oxygens (including phenoxy) is 2. The van der Waals surface area contributed by atoms with Gasteiger partial charge in [-0.05, 0) is 25.7 Å². The Labute approximate surface area is 357 Å². The number of carbonyl (C=O) groups excluding carboxylic acids is 5. The Kier molecular flexibility index (Phi) is 35.2. The van der Waals surface area contributed by atoms with E-state index in [9.17, 15) is 48.9 Å². The summed E-state index contributed by atoms with van der Waals surface area (Å²) in [6, 6.07) is -3.90. The zero-order valence-corrected chi connectivity index (χ0v) is 34.7. The quantitative estimate of drug-likeness (QED) is 0.0318. The van der Waals surface area contributed by atoms with E-state index in [-0.39, 0.29) is 105 Å². The molecule has 0 aromatic carbocycles. The molecule has 0 unspecified atom stereocenters. The Balaban J connectivity index is -0.00000443. The molecule has 2 atom stereocenters. The van der Waals surface area contributed by atoms with Crippen LogP contribution >= 0.6 is 0 Å². The Hall–Kier alpha value is -5.94. The van der Waals surface area contributed by atoms with Crippen LogP contribution in [0.4, 0.5) is 4.79 Å². The monoisotopic (exact) mass is 1030 g/mol. The SMILES string of the molecule is O=C(O)CC[C@H](NC(=O)N[C@@H](CCCCNC(=O)CCOCCOCCN(Cc1nccn1CC(=O)O)Cc1nccn1CC(=O)O)C(=O)O)C(=O)O.[C-]=O.[C-]=O.[C-]=O.[Re]. The summed E-state index contributed by atoms with van der Waals surface area (Å²) in [6.45, 7) is 14.8. The Morgan fingerprint density at radius 1 is 0.650 bits per heavy atom. The van der Waals surface area contributed by atoms with Gasteiger partial charge in [-0.3, -0.25) is 24.1 Å². The van der Waals surface area contributed by atoms with Gasteiger partial charge >= 0.3 is 35.9 Å². The first-order valence-electron chi connectivity index (χ1n) is 17.2. The zero-order chi connectivity index (χ0) is 45.2. The number of rotatable bonds is 29. The number of nitrogens with zero attached hydrogens (tertiary/aromatic N) is 5. The number of urea groups is 1. The Bertz CT molecular complexity index is 1520. The maximum atomic E-state index is 12.1. The summed E-state index contributed by atoms with van der Waals surface area (Å²) in [4.78, 5) is 113. The third kappa shape index (κ3) is 27.7. The second kappa shape index (κ2) is 36.2. The topological polar surface area (TPSA) is 365 Å². The number of unbranched alkanes of at least 4 members (excludes halogenated alkanes) is 1. The van der Waals surface area contributed by atoms with E-state index in [2.05, 4.69) is 46.3 Å². The summed E-state index contributed by atoms with van der Waals surface area (Å²) in [5.74, 6) is -5.40. The third-order valence-electron chi connectivity index (χ3n) is 7.44. The number of aromatic nitrogens is 4. The molecule has 2 rings (SSSR count). The molecule has 60 heavy (non-hydrogen) atoms. The fraction of sp³-hybridized carbons (Fsp3) is 0.529. The summed E-state index contributed by atoms with van der Waals surface area (Å²) in [5, 5.41) is 52.5. The molecule has 25 nitrogen and oxygen atoms in total. The van der Waals surface area contributed by atoms with Crippen LogP contribution in [0.1, 0.15) is 50.2 Å². The molecule has 2 heterocycles. The van der Waals surface area contributed by atoms with Crippen LogP contribution in [-0.2, 0) is 99.2 Å². The van der Waals surface area contributed by atoms with Gasteiger partial charge in [0.2, 0.25) is 5.91 Å². The predicted octanol–water partition coefficient (Wildman–Crippen LogP) is -2.16. The van der Waals surface area contributed by atoms with Crippen LogP contribution in [0.15, 0.2) is 24.8 Å². The first-order valence-corrected chi connectivity index (χ1v) is 17.2. The Morgan fingerprint density at radius 2 is 1.12 bits per heavy atom. The average molecular weight is 1020 g/mol. The molecule has 334 valence electrons. The minimum atomic E-state index is -1.51. The first kappa shape index (κ1) is 58.4. The van der Waals surface area contributed by atoms with Crippen LogP contribution in [0.5, 0.6) is 0 Å². The van der Waals surface area contributed by atoms with Crippen molar-refractivity contribution in [2.45, 2.75) is 76.8 Å². The minimum absolute atomic E-state index is 0. The molecule has 0 aliphatic carbocycles. The number of imidazole rings is 2. The molecule has 0 aliphatic heterocycles. The molecule has 4 radical (unpaired) electrons. The number of hydrogen-bond acceptors (Lipinski definition) is 15. The molecular weight excluding hydrogens is 979 g/mol. The van der Waals surface area contributed by atoms with Gasteiger partial charge in [-0.1, -0.05) is 0 Å². The summed E-state index contributed by atoms with van der Waals surface area (Å²) in [5.41, 5.74) is 0. The molecule has 0 spiro atoms. The second-order valence-corrected chi connectivity index (χ2v) is 11.6. The molecule has 0 bridgehead atoms. The zero-order valence-electron chi connectivity index (χ0n) is 32.0. The van der Waals surface area contributed by atoms with Crippen molar-refractivity contribution in [1.82, 2.24) is 40.0 Å². The number of carboxylic acid groups (broad SMARTS) is 5. The van der Waals surface area contributed by atoms with E-state index >= 15 is 0 Å². The average Bonchev–Trinajstić information content (AvgIpc) is 3.83. The van der Waals surface area contributed by atoms with Gasteiger partial charge in [0.15, 0.2) is 0 Å². The molecule has 0 fully saturated rings. The van der Waals surface area contributed by atoms with Crippen LogP contribution in [0.25, 0.3) is 0 Å². The van der Waals surface area contributed by atoms with Crippen LogP contribution in [0.3, 0.4) is 0 Å². The summed E-state index contributed by atoms with van der Waals surface area (Å²) in [6.07, 6.45) is 5.98. The largest absolute Gasteiger partial charge is 0.573 e. The molecule has 26 heteroatoms. The molecule has 3 amide bonds. The maximum Gasteiger partial charge on any atom is 0.326 e. The van der Waals surface area contributed by atoms with Gasteiger partial charge in [0.05, 0.1) is 39.5 Å². The van der Waals surface area contributed by atoms with Gasteiger partial charge in [-0.2, -0.15) is 0 Å². The Morgan fingerprint density at radius 3 is 1.57 bits per heavy atom. The summed E-state index contributed by atoms with van der Waals surface area (Å²) >= 11 is 0. The molecular formula is C34H46N8O17Re-3. The molecule has 0 saturated heterocycles. The molecule has 0 saturated carbocycles. The predicted molar refractivity (Wildman–Crippen MR) is 195 cm³/mol. The number of amides is 3. The summed E-state index contributed by atoms with van der Waals surface area (Å²) < 4.78 is 14.1. The third-order valence-corrected chi connectivity index (χ3v) is 7.44. The van der Waals surface area contributed by atoms with Crippen LogP contribution in [0, 0.1) is 0 Å². The molecule has 2 aromatic heterocycles. The number of hydrogen-bond donors (Lipinski definition) is 8. The molecule has 0 aliphatic rings. The van der Waals surface area contributed by atoms with E-state index in [1.807, 2.05) is 4.90 Å². The van der Waals surface area contributed by atoms with Crippen molar-refractivity contribution in [1.29, 1.82) is 0 Å². The van der Waals surface area contributed by atoms with Crippen LogP contribution in [0.2, 0.25) is 0 Å². The van der Waals surface area contributed by atoms with Crippen LogP contribution in [-0.4, -0.2) is 163 Å². The van der Waals surface area contributed by atoms with E-state index in [4.69, 9.17) is 34.1 Å². The van der Waals surface area contributed by atoms with Gasteiger partial charge in [-0.25, -0.2) is 24.4 Å². The van der Waals surface area contributed by atoms with Crippen molar-refractivity contribution < 1.29 is 103 Å². The van der Waals surface area contributed by atoms with Crippen molar-refractivity contribution in [2.75, 3.05) is 39.5 Å². The normalized spacial score (nSPS) is 10.9. The fourth-order valence-electron chi connectivity index (χ4n) is 4.79. The maximum absolute atomic E-state index is 12.1. The van der Waals surface area contributed by atoms with Crippen molar-refractivity contribution >= 4 is 62.2 Å². The van der Waals surface area contributed by atoms with Crippen molar-refractivity contribution in [3.8, 4) is 0 Å². The second-order valence-electron chi connectivity index (χ2n) is 11.6. The van der Waals surface area contributed by atoms with E-state index < -0.39 is 54.4 Å². The van der Waals surface area contributed by atoms with Crippen molar-refractivity contribution in [3.63, 3.8) is 0 Å². The first-order chi connectivity index (χ1) is 28.2. The van der Waals surface area contributed by atoms with Gasteiger partial charge in [-0.15, -0.1) is 0 Å². The molecule has 8 N–H and O–H groups in total. The van der Waals surface area contributed by atoms with E-state index in [0.717, 1.165) is 0 Å². The fourth-order valence-corrected chi connectivity index (χ4v) is 4.79. The number of carbonyl (C=O) groups is 7. The van der Waals surface area contributed by atoms with E-state index in [1.54, 1.807) is 12.4 Å². The van der Waals surface area contributed by atoms with E-state index in [1.165, 1.54) is 21.5 Å². The van der Waals surface area contributed by atoms with Crippen molar-refractivity contribution in [2.24, 2.45) is 0 Å². The summed E-state index contributed by atoms with van der Waals surface area (Å²) in [7, 11) is 0. The smallest absolute Gasteiger partial charge is 0.326 e. The number of aliphatic carboxylic acids is 5. The van der Waals surface area contributed by atoms with Crippen LogP contribution < -0.4 is 16.0 Å². The standard InChI is InChI=1S/C31H46N8O14.3CO.Re/c40-25(34-7-2-1-3-21(29(47)48)35-31(51)36-22(30(49)50)4-5-26(41)42)6-13-52-15-16-53-14-12-37(17-23-32-8-10-38(23)19-27(43)44)18-24-33-9-11-39(24)20-28(45)46;3*1-2;/h8-11,21-22H,1-7,12-20H2,(H,34,40)(H,41,42)(H,43,44)(H,45,46)(H,47,48)(H,49,50)(H2,35,36,51);;;;/q;3*-1;/t21-,22-;;;;/m0..../s1. The van der Waals surface area contributed by atoms with Gasteiger partial charge in [0, 0.05) is 71.1 Å². The van der Waals surface area contributed by atoms with E-state index in [0.29, 0.717) is 31.0 Å². The number of nitrogens with one attached hydrogen (secondary N) is 3.